The molecule has 3 amide bonds. The molecular weight excluding hydrogens is 382 g/mol. The molecule has 0 unspecified atom stereocenters. The van der Waals surface area contributed by atoms with E-state index in [0.29, 0.717) is 35.9 Å². The van der Waals surface area contributed by atoms with Gasteiger partial charge >= 0.3 is 11.8 Å². The molecule has 1 fully saturated rings. The van der Waals surface area contributed by atoms with Crippen molar-refractivity contribution in [2.75, 3.05) is 25.0 Å². The summed E-state index contributed by atoms with van der Waals surface area (Å²) in [6.07, 6.45) is 4.44. The number of nitrogens with one attached hydrogen (secondary N) is 2. The van der Waals surface area contributed by atoms with Gasteiger partial charge in [-0.1, -0.05) is 17.7 Å². The molecule has 0 spiro atoms. The molecule has 1 saturated heterocycles. The fourth-order valence-electron chi connectivity index (χ4n) is 3.08. The van der Waals surface area contributed by atoms with Crippen LogP contribution < -0.4 is 10.6 Å². The van der Waals surface area contributed by atoms with Crippen LogP contribution in [0.4, 0.5) is 5.69 Å². The number of piperidine rings is 1. The summed E-state index contributed by atoms with van der Waals surface area (Å²) in [5.41, 5.74) is 1.91. The minimum absolute atomic E-state index is 0.0487. The summed E-state index contributed by atoms with van der Waals surface area (Å²) in [6, 6.07) is 6.72. The fraction of sp³-hybridized carbons (Fsp3) is 0.350. The van der Waals surface area contributed by atoms with Crippen molar-refractivity contribution in [2.24, 2.45) is 5.92 Å². The second-order valence-corrected chi connectivity index (χ2v) is 7.28. The van der Waals surface area contributed by atoms with Crippen LogP contribution in [0.15, 0.2) is 41.2 Å². The van der Waals surface area contributed by atoms with Gasteiger partial charge in [0, 0.05) is 30.3 Å². The van der Waals surface area contributed by atoms with Crippen molar-refractivity contribution < 1.29 is 18.8 Å². The smallest absolute Gasteiger partial charge is 0.313 e. The van der Waals surface area contributed by atoms with E-state index in [2.05, 4.69) is 10.6 Å². The molecule has 28 heavy (non-hydrogen) atoms. The number of rotatable bonds is 4. The second kappa shape index (κ2) is 8.93. The molecular formula is C20H22ClN3O4. The van der Waals surface area contributed by atoms with E-state index in [1.165, 1.54) is 12.5 Å². The molecule has 7 nitrogen and oxygen atoms in total. The molecule has 2 N–H and O–H groups in total. The van der Waals surface area contributed by atoms with Gasteiger partial charge in [0.2, 0.25) is 0 Å². The molecule has 0 aliphatic carbocycles. The topological polar surface area (TPSA) is 91.7 Å². The Balaban J connectivity index is 1.42. The van der Waals surface area contributed by atoms with Crippen LogP contribution in [0.2, 0.25) is 5.02 Å². The second-order valence-electron chi connectivity index (χ2n) is 6.88. The summed E-state index contributed by atoms with van der Waals surface area (Å²) in [5, 5.41) is 5.73. The van der Waals surface area contributed by atoms with Gasteiger partial charge in [0.05, 0.1) is 11.8 Å². The van der Waals surface area contributed by atoms with Crippen LogP contribution in [-0.4, -0.2) is 42.3 Å². The predicted octanol–water partition coefficient (Wildman–Crippen LogP) is 2.85. The lowest BCUT2D eigenvalue weighted by Crippen LogP contribution is -2.43. The first-order valence-electron chi connectivity index (χ1n) is 9.11. The first kappa shape index (κ1) is 19.9. The standard InChI is InChI=1S/C20H22ClN3O4/c1-13-2-3-16(10-17(13)21)23-19(26)18(25)22-11-14-4-7-24(8-5-14)20(27)15-6-9-28-12-15/h2-3,6,9-10,12,14H,4-5,7-8,11H2,1H3,(H,22,25)(H,23,26). The number of anilines is 1. The van der Waals surface area contributed by atoms with Crippen molar-refractivity contribution in [1.82, 2.24) is 10.2 Å². The molecule has 1 aromatic heterocycles. The van der Waals surface area contributed by atoms with Gasteiger partial charge in [-0.05, 0) is 49.4 Å². The minimum atomic E-state index is -0.729. The quantitative estimate of drug-likeness (QED) is 0.768. The third-order valence-electron chi connectivity index (χ3n) is 4.86. The third-order valence-corrected chi connectivity index (χ3v) is 5.26. The van der Waals surface area contributed by atoms with Crippen LogP contribution in [0.1, 0.15) is 28.8 Å². The Bertz CT molecular complexity index is 858. The van der Waals surface area contributed by atoms with Crippen LogP contribution in [0.3, 0.4) is 0 Å². The van der Waals surface area contributed by atoms with Gasteiger partial charge in [0.1, 0.15) is 6.26 Å². The number of amides is 3. The van der Waals surface area contributed by atoms with Crippen molar-refractivity contribution in [3.8, 4) is 0 Å². The maximum absolute atomic E-state index is 12.3. The number of carbonyl (C=O) groups is 3. The highest BCUT2D eigenvalue weighted by Gasteiger charge is 2.25. The number of halogens is 1. The van der Waals surface area contributed by atoms with E-state index in [9.17, 15) is 14.4 Å². The number of nitrogens with zero attached hydrogens (tertiary/aromatic N) is 1. The van der Waals surface area contributed by atoms with Gasteiger partial charge in [-0.25, -0.2) is 0 Å². The van der Waals surface area contributed by atoms with Crippen LogP contribution in [-0.2, 0) is 9.59 Å². The average molecular weight is 404 g/mol. The van der Waals surface area contributed by atoms with Crippen LogP contribution >= 0.6 is 11.6 Å². The van der Waals surface area contributed by atoms with Gasteiger partial charge in [-0.3, -0.25) is 14.4 Å². The Kier molecular flexibility index (Phi) is 6.36. The lowest BCUT2D eigenvalue weighted by Gasteiger charge is -2.31. The molecule has 0 bridgehead atoms. The van der Waals surface area contributed by atoms with Crippen molar-refractivity contribution in [1.29, 1.82) is 0 Å². The number of carbonyl (C=O) groups excluding carboxylic acids is 3. The molecule has 1 aromatic carbocycles. The van der Waals surface area contributed by atoms with Gasteiger partial charge in [0.15, 0.2) is 0 Å². The zero-order valence-corrected chi connectivity index (χ0v) is 16.3. The molecule has 2 aromatic rings. The molecule has 0 atom stereocenters. The SMILES string of the molecule is Cc1ccc(NC(=O)C(=O)NCC2CCN(C(=O)c3ccoc3)CC2)cc1Cl. The molecule has 8 heteroatoms. The maximum atomic E-state index is 12.3. The molecule has 0 saturated carbocycles. The van der Waals surface area contributed by atoms with Crippen molar-refractivity contribution in [3.05, 3.63) is 52.9 Å². The number of hydrogen-bond acceptors (Lipinski definition) is 4. The summed E-state index contributed by atoms with van der Waals surface area (Å²) >= 11 is 6.02. The van der Waals surface area contributed by atoms with Gasteiger partial charge in [0.25, 0.3) is 5.91 Å². The van der Waals surface area contributed by atoms with Gasteiger partial charge < -0.3 is 20.0 Å². The molecule has 2 heterocycles. The van der Waals surface area contributed by atoms with Crippen molar-refractivity contribution in [2.45, 2.75) is 19.8 Å². The lowest BCUT2D eigenvalue weighted by molar-refractivity contribution is -0.136. The van der Waals surface area contributed by atoms with Gasteiger partial charge in [-0.15, -0.1) is 0 Å². The van der Waals surface area contributed by atoms with E-state index < -0.39 is 11.8 Å². The Morgan fingerprint density at radius 1 is 1.18 bits per heavy atom. The highest BCUT2D eigenvalue weighted by Crippen LogP contribution is 2.20. The summed E-state index contributed by atoms with van der Waals surface area (Å²) in [4.78, 5) is 38.1. The molecule has 1 aliphatic heterocycles. The lowest BCUT2D eigenvalue weighted by atomic mass is 9.96. The molecule has 1 aliphatic rings. The van der Waals surface area contributed by atoms with Crippen molar-refractivity contribution >= 4 is 35.0 Å². The summed E-state index contributed by atoms with van der Waals surface area (Å²) in [5.74, 6) is -1.24. The van der Waals surface area contributed by atoms with Crippen LogP contribution in [0.25, 0.3) is 0 Å². The number of furan rings is 1. The number of hydrogen-bond donors (Lipinski definition) is 2. The van der Waals surface area contributed by atoms with E-state index in [-0.39, 0.29) is 11.8 Å². The first-order valence-corrected chi connectivity index (χ1v) is 9.48. The minimum Gasteiger partial charge on any atom is -0.472 e. The van der Waals surface area contributed by atoms with E-state index in [1.807, 2.05) is 6.92 Å². The monoisotopic (exact) mass is 403 g/mol. The normalized spacial score (nSPS) is 14.6. The zero-order chi connectivity index (χ0) is 20.1. The Labute approximate surface area is 168 Å². The van der Waals surface area contributed by atoms with Crippen molar-refractivity contribution in [3.63, 3.8) is 0 Å². The summed E-state index contributed by atoms with van der Waals surface area (Å²) in [6.45, 7) is 3.47. The highest BCUT2D eigenvalue weighted by molar-refractivity contribution is 6.39. The summed E-state index contributed by atoms with van der Waals surface area (Å²) in [7, 11) is 0. The van der Waals surface area contributed by atoms with Gasteiger partial charge in [-0.2, -0.15) is 0 Å². The number of likely N-dealkylation sites (tertiary alicyclic amines) is 1. The first-order chi connectivity index (χ1) is 13.4. The van der Waals surface area contributed by atoms with E-state index in [4.69, 9.17) is 16.0 Å². The number of aryl methyl sites for hydroxylation is 1. The van der Waals surface area contributed by atoms with E-state index in [1.54, 1.807) is 29.2 Å². The fourth-order valence-corrected chi connectivity index (χ4v) is 3.27. The molecule has 3 rings (SSSR count). The Morgan fingerprint density at radius 3 is 2.57 bits per heavy atom. The maximum Gasteiger partial charge on any atom is 0.313 e. The third kappa shape index (κ3) is 4.92. The van der Waals surface area contributed by atoms with Crippen LogP contribution in [0.5, 0.6) is 0 Å². The summed E-state index contributed by atoms with van der Waals surface area (Å²) < 4.78 is 4.95. The average Bonchev–Trinajstić information content (AvgIpc) is 3.23. The van der Waals surface area contributed by atoms with E-state index in [0.717, 1.165) is 18.4 Å². The largest absolute Gasteiger partial charge is 0.472 e. The highest BCUT2D eigenvalue weighted by atomic mass is 35.5. The Hall–Kier alpha value is -2.80. The Morgan fingerprint density at radius 2 is 1.93 bits per heavy atom. The predicted molar refractivity (Wildman–Crippen MR) is 105 cm³/mol. The molecule has 148 valence electrons. The van der Waals surface area contributed by atoms with E-state index >= 15 is 0 Å². The molecule has 0 radical (unpaired) electrons. The van der Waals surface area contributed by atoms with Crippen LogP contribution in [0, 0.1) is 12.8 Å². The zero-order valence-electron chi connectivity index (χ0n) is 15.5. The number of benzene rings is 1.